The van der Waals surface area contributed by atoms with Crippen molar-refractivity contribution in [3.63, 3.8) is 0 Å². The Hall–Kier alpha value is -4.13. The third-order valence-electron chi connectivity index (χ3n) is 11.1. The summed E-state index contributed by atoms with van der Waals surface area (Å²) in [5.74, 6) is 2.74. The molecule has 0 spiro atoms. The molecule has 0 amide bonds. The summed E-state index contributed by atoms with van der Waals surface area (Å²) >= 11 is 0. The van der Waals surface area contributed by atoms with E-state index in [1.807, 2.05) is 6.07 Å². The molecule has 2 aromatic heterocycles. The van der Waals surface area contributed by atoms with Gasteiger partial charge in [-0.25, -0.2) is 8.78 Å². The van der Waals surface area contributed by atoms with E-state index in [0.29, 0.717) is 52.3 Å². The minimum absolute atomic E-state index is 0.0658. The number of benzene rings is 2. The van der Waals surface area contributed by atoms with Crippen molar-refractivity contribution >= 4 is 27.5 Å². The predicted octanol–water partition coefficient (Wildman–Crippen LogP) is 6.00. The fourth-order valence-electron chi connectivity index (χ4n) is 8.86. The van der Waals surface area contributed by atoms with Crippen molar-refractivity contribution in [1.29, 1.82) is 0 Å². The van der Waals surface area contributed by atoms with Gasteiger partial charge in [-0.15, -0.1) is 6.42 Å². The van der Waals surface area contributed by atoms with Crippen molar-refractivity contribution in [3.05, 3.63) is 65.9 Å². The van der Waals surface area contributed by atoms with Crippen LogP contribution in [0.3, 0.4) is 0 Å². The maximum atomic E-state index is 16.9. The number of rotatable bonds is 6. The van der Waals surface area contributed by atoms with Gasteiger partial charge in [-0.2, -0.15) is 9.97 Å². The molecule has 2 aromatic carbocycles. The number of anilines is 1. The first kappa shape index (κ1) is 28.1. The Morgan fingerprint density at radius 1 is 1.07 bits per heavy atom. The highest BCUT2D eigenvalue weighted by atomic mass is 19.1. The standard InChI is InChI=1S/C37H36F2N6O/c1-3-26-29(38)12-9-23-5-4-6-27(31(23)26)33-32(39)34-28(16-40-33)35(44-18-24-10-11-25(19-44)41-24)43-36(42-34)46-20-37-14-13-30(22-7-8-22)45(37)17-21(2)15-37/h1,4-6,9,12,16,22,24-25,30,41H,2,7-8,10-11,13-15,17-20H2/t24-,25+,30-,37-/m0/s1. The molecule has 234 valence electrons. The molecule has 46 heavy (non-hydrogen) atoms. The maximum Gasteiger partial charge on any atom is 0.319 e. The van der Waals surface area contributed by atoms with Crippen LogP contribution in [0, 0.1) is 29.9 Å². The Kier molecular flexibility index (Phi) is 6.38. The van der Waals surface area contributed by atoms with Crippen LogP contribution >= 0.6 is 0 Å². The van der Waals surface area contributed by atoms with Gasteiger partial charge in [0.25, 0.3) is 0 Å². The number of terminal acetylenes is 1. The zero-order valence-corrected chi connectivity index (χ0v) is 25.7. The SMILES string of the molecule is C#Cc1c(F)ccc2cccc(-c3ncc4c(N5C[C@H]6CC[C@@H](C5)N6)nc(OC[C@@]56CC[C@@H](C7CC7)N5CC(=C)C6)nc4c3F)c12. The van der Waals surface area contributed by atoms with Gasteiger partial charge in [-0.3, -0.25) is 9.88 Å². The molecule has 1 aliphatic carbocycles. The molecular weight excluding hydrogens is 582 g/mol. The number of nitrogens with zero attached hydrogens (tertiary/aromatic N) is 5. The van der Waals surface area contributed by atoms with Crippen LogP contribution in [0.15, 0.2) is 48.7 Å². The Labute approximate surface area is 267 Å². The molecule has 1 N–H and O–H groups in total. The molecule has 6 heterocycles. The summed E-state index contributed by atoms with van der Waals surface area (Å²) in [7, 11) is 0. The van der Waals surface area contributed by atoms with E-state index in [1.165, 1.54) is 30.9 Å². The van der Waals surface area contributed by atoms with Crippen molar-refractivity contribution in [2.45, 2.75) is 68.6 Å². The van der Waals surface area contributed by atoms with Crippen molar-refractivity contribution in [1.82, 2.24) is 25.2 Å². The molecule has 4 aromatic rings. The monoisotopic (exact) mass is 618 g/mol. The van der Waals surface area contributed by atoms with Gasteiger partial charge >= 0.3 is 6.01 Å². The Balaban J connectivity index is 1.15. The number of fused-ring (bicyclic) bond motifs is 5. The van der Waals surface area contributed by atoms with E-state index in [1.54, 1.807) is 24.4 Å². The van der Waals surface area contributed by atoms with Gasteiger partial charge in [0.2, 0.25) is 0 Å². The van der Waals surface area contributed by atoms with Gasteiger partial charge in [0.05, 0.1) is 16.5 Å². The van der Waals surface area contributed by atoms with E-state index in [-0.39, 0.29) is 28.3 Å². The number of hydrogen-bond acceptors (Lipinski definition) is 7. The highest BCUT2D eigenvalue weighted by molar-refractivity contribution is 6.02. The molecular formula is C37H36F2N6O. The van der Waals surface area contributed by atoms with Crippen LogP contribution in [0.25, 0.3) is 32.9 Å². The second kappa shape index (κ2) is 10.4. The normalized spacial score (nSPS) is 27.5. The lowest BCUT2D eigenvalue weighted by atomic mass is 9.93. The van der Waals surface area contributed by atoms with Crippen molar-refractivity contribution in [2.24, 2.45) is 5.92 Å². The quantitative estimate of drug-likeness (QED) is 0.210. The van der Waals surface area contributed by atoms with E-state index in [0.717, 1.165) is 51.2 Å². The number of ether oxygens (including phenoxy) is 1. The molecule has 2 bridgehead atoms. The smallest absolute Gasteiger partial charge is 0.319 e. The first-order chi connectivity index (χ1) is 22.4. The summed E-state index contributed by atoms with van der Waals surface area (Å²) in [6.45, 7) is 7.21. The lowest BCUT2D eigenvalue weighted by Gasteiger charge is -2.35. The topological polar surface area (TPSA) is 66.4 Å². The molecule has 1 saturated carbocycles. The first-order valence-electron chi connectivity index (χ1n) is 16.5. The molecule has 9 rings (SSSR count). The lowest BCUT2D eigenvalue weighted by molar-refractivity contribution is 0.0788. The first-order valence-corrected chi connectivity index (χ1v) is 16.5. The summed E-state index contributed by atoms with van der Waals surface area (Å²) in [5.41, 5.74) is 1.82. The van der Waals surface area contributed by atoms with E-state index < -0.39 is 11.6 Å². The van der Waals surface area contributed by atoms with E-state index in [2.05, 4.69) is 32.6 Å². The number of nitrogens with one attached hydrogen (secondary N) is 1. The zero-order chi connectivity index (χ0) is 31.2. The molecule has 5 fully saturated rings. The molecule has 7 nitrogen and oxygen atoms in total. The average molecular weight is 619 g/mol. The molecule has 0 radical (unpaired) electrons. The van der Waals surface area contributed by atoms with Crippen LogP contribution < -0.4 is 15.0 Å². The third kappa shape index (κ3) is 4.41. The van der Waals surface area contributed by atoms with E-state index in [4.69, 9.17) is 21.1 Å². The van der Waals surface area contributed by atoms with Gasteiger partial charge in [0.15, 0.2) is 5.82 Å². The largest absolute Gasteiger partial charge is 0.461 e. The van der Waals surface area contributed by atoms with Crippen LogP contribution in [0.2, 0.25) is 0 Å². The van der Waals surface area contributed by atoms with Gasteiger partial charge in [0, 0.05) is 54.9 Å². The highest BCUT2D eigenvalue weighted by Crippen LogP contribution is 2.51. The number of piperazine rings is 1. The van der Waals surface area contributed by atoms with Crippen LogP contribution in [-0.4, -0.2) is 69.8 Å². The predicted molar refractivity (Wildman–Crippen MR) is 175 cm³/mol. The van der Waals surface area contributed by atoms with Gasteiger partial charge in [0.1, 0.15) is 29.5 Å². The molecule has 9 heteroatoms. The number of pyridine rings is 1. The van der Waals surface area contributed by atoms with Gasteiger partial charge in [-0.05, 0) is 62.3 Å². The summed E-state index contributed by atoms with van der Waals surface area (Å²) in [5, 5.41) is 5.36. The van der Waals surface area contributed by atoms with Crippen molar-refractivity contribution in [3.8, 4) is 29.6 Å². The fraction of sp³-hybridized carbons (Fsp3) is 0.432. The molecule has 5 aliphatic rings. The minimum Gasteiger partial charge on any atom is -0.461 e. The minimum atomic E-state index is -0.604. The lowest BCUT2D eigenvalue weighted by Crippen LogP contribution is -2.51. The number of hydrogen-bond donors (Lipinski definition) is 1. The Morgan fingerprint density at radius 2 is 1.89 bits per heavy atom. The van der Waals surface area contributed by atoms with Gasteiger partial charge < -0.3 is 15.0 Å². The van der Waals surface area contributed by atoms with Crippen LogP contribution in [0.5, 0.6) is 6.01 Å². The fourth-order valence-corrected chi connectivity index (χ4v) is 8.86. The second-order valence-electron chi connectivity index (χ2n) is 14.0. The third-order valence-corrected chi connectivity index (χ3v) is 11.1. The van der Waals surface area contributed by atoms with E-state index in [9.17, 15) is 4.39 Å². The molecule has 4 atom stereocenters. The van der Waals surface area contributed by atoms with Crippen molar-refractivity contribution < 1.29 is 13.5 Å². The Bertz CT molecular complexity index is 1960. The maximum absolute atomic E-state index is 16.9. The second-order valence-corrected chi connectivity index (χ2v) is 14.0. The Morgan fingerprint density at radius 3 is 2.67 bits per heavy atom. The van der Waals surface area contributed by atoms with Crippen LogP contribution in [0.4, 0.5) is 14.6 Å². The molecule has 4 saturated heterocycles. The summed E-state index contributed by atoms with van der Waals surface area (Å²) in [6.07, 6.45) is 15.3. The van der Waals surface area contributed by atoms with Crippen LogP contribution in [-0.2, 0) is 0 Å². The summed E-state index contributed by atoms with van der Waals surface area (Å²) in [6, 6.07) is 9.80. The van der Waals surface area contributed by atoms with Crippen LogP contribution in [0.1, 0.15) is 50.5 Å². The summed E-state index contributed by atoms with van der Waals surface area (Å²) < 4.78 is 38.2. The van der Waals surface area contributed by atoms with E-state index >= 15 is 4.39 Å². The number of aromatic nitrogens is 3. The molecule has 0 unspecified atom stereocenters. The summed E-state index contributed by atoms with van der Waals surface area (Å²) in [4.78, 5) is 19.1. The zero-order valence-electron chi connectivity index (χ0n) is 25.7. The average Bonchev–Trinajstić information content (AvgIpc) is 3.66. The number of halogens is 2. The highest BCUT2D eigenvalue weighted by Gasteiger charge is 2.54. The van der Waals surface area contributed by atoms with Crippen molar-refractivity contribution in [2.75, 3.05) is 31.1 Å². The van der Waals surface area contributed by atoms with Gasteiger partial charge in [-0.1, -0.05) is 42.3 Å². The molecule has 4 aliphatic heterocycles.